The van der Waals surface area contributed by atoms with E-state index >= 15 is 0 Å². The summed E-state index contributed by atoms with van der Waals surface area (Å²) < 4.78 is 13.9. The topological polar surface area (TPSA) is 32.5 Å². The van der Waals surface area contributed by atoms with E-state index in [1.807, 2.05) is 18.0 Å². The van der Waals surface area contributed by atoms with Crippen LogP contribution in [-0.2, 0) is 6.54 Å². The fourth-order valence-corrected chi connectivity index (χ4v) is 2.77. The first-order chi connectivity index (χ1) is 8.63. The van der Waals surface area contributed by atoms with Crippen molar-refractivity contribution in [2.45, 2.75) is 25.4 Å². The summed E-state index contributed by atoms with van der Waals surface area (Å²) in [6, 6.07) is 5.63. The lowest BCUT2D eigenvalue weighted by molar-refractivity contribution is 0.313. The van der Waals surface area contributed by atoms with Gasteiger partial charge in [-0.2, -0.15) is 0 Å². The molecule has 100 valence electrons. The summed E-state index contributed by atoms with van der Waals surface area (Å²) in [6.07, 6.45) is 2.42. The maximum absolute atomic E-state index is 13.9. The minimum Gasteiger partial charge on any atom is -0.370 e. The first kappa shape index (κ1) is 13.3. The molecule has 0 radical (unpaired) electrons. The number of halogens is 1. The van der Waals surface area contributed by atoms with Gasteiger partial charge in [0.2, 0.25) is 0 Å². The molecule has 3 nitrogen and oxygen atoms in total. The minimum atomic E-state index is -0.180. The van der Waals surface area contributed by atoms with E-state index < -0.39 is 0 Å². The third kappa shape index (κ3) is 2.65. The molecule has 1 aliphatic heterocycles. The van der Waals surface area contributed by atoms with Gasteiger partial charge in [0, 0.05) is 26.2 Å². The first-order valence-corrected chi connectivity index (χ1v) is 6.52. The Hall–Kier alpha value is -1.13. The average Bonchev–Trinajstić information content (AvgIpc) is 2.74. The van der Waals surface area contributed by atoms with Crippen molar-refractivity contribution in [3.8, 4) is 0 Å². The second kappa shape index (κ2) is 5.67. The lowest BCUT2D eigenvalue weighted by Crippen LogP contribution is -2.37. The van der Waals surface area contributed by atoms with Crippen LogP contribution in [0.5, 0.6) is 0 Å². The van der Waals surface area contributed by atoms with Gasteiger partial charge in [-0.25, -0.2) is 4.39 Å². The SMILES string of the molecule is CN(CC1CCCN1C)c1c(F)cccc1CN. The van der Waals surface area contributed by atoms with Gasteiger partial charge in [0.15, 0.2) is 0 Å². The number of benzene rings is 1. The minimum absolute atomic E-state index is 0.180. The number of hydrogen-bond donors (Lipinski definition) is 1. The Morgan fingerprint density at radius 3 is 2.89 bits per heavy atom. The van der Waals surface area contributed by atoms with E-state index in [1.165, 1.54) is 18.9 Å². The lowest BCUT2D eigenvalue weighted by Gasteiger charge is -2.29. The van der Waals surface area contributed by atoms with Crippen molar-refractivity contribution in [3.05, 3.63) is 29.6 Å². The predicted octanol–water partition coefficient (Wildman–Crippen LogP) is 1.81. The zero-order valence-electron chi connectivity index (χ0n) is 11.2. The molecule has 1 heterocycles. The molecule has 0 aliphatic carbocycles. The summed E-state index contributed by atoms with van der Waals surface area (Å²) in [5.41, 5.74) is 7.22. The van der Waals surface area contributed by atoms with Gasteiger partial charge in [0.1, 0.15) is 5.82 Å². The van der Waals surface area contributed by atoms with E-state index in [1.54, 1.807) is 6.07 Å². The Kier molecular flexibility index (Phi) is 4.19. The molecule has 1 aromatic rings. The second-order valence-corrected chi connectivity index (χ2v) is 5.11. The molecule has 1 unspecified atom stereocenters. The quantitative estimate of drug-likeness (QED) is 0.886. The number of nitrogens with two attached hydrogens (primary N) is 1. The number of rotatable bonds is 4. The number of nitrogens with zero attached hydrogens (tertiary/aromatic N) is 2. The van der Waals surface area contributed by atoms with Gasteiger partial charge < -0.3 is 15.5 Å². The van der Waals surface area contributed by atoms with E-state index in [2.05, 4.69) is 11.9 Å². The highest BCUT2D eigenvalue weighted by atomic mass is 19.1. The van der Waals surface area contributed by atoms with Gasteiger partial charge >= 0.3 is 0 Å². The Bertz CT molecular complexity index is 408. The molecule has 0 spiro atoms. The zero-order chi connectivity index (χ0) is 13.1. The molecule has 0 bridgehead atoms. The molecule has 2 N–H and O–H groups in total. The van der Waals surface area contributed by atoms with E-state index in [4.69, 9.17) is 5.73 Å². The van der Waals surface area contributed by atoms with Gasteiger partial charge in [0.05, 0.1) is 5.69 Å². The molecule has 1 atom stereocenters. The Morgan fingerprint density at radius 1 is 1.50 bits per heavy atom. The molecule has 4 heteroatoms. The highest BCUT2D eigenvalue weighted by molar-refractivity contribution is 5.54. The maximum Gasteiger partial charge on any atom is 0.146 e. The molecule has 0 aromatic heterocycles. The van der Waals surface area contributed by atoms with Crippen LogP contribution in [0, 0.1) is 5.82 Å². The normalized spacial score (nSPS) is 20.3. The summed E-state index contributed by atoms with van der Waals surface area (Å²) in [4.78, 5) is 4.35. The van der Waals surface area contributed by atoms with E-state index in [-0.39, 0.29) is 5.82 Å². The standard InChI is InChI=1S/C14H22FN3/c1-17-8-4-6-12(17)10-18(2)14-11(9-16)5-3-7-13(14)15/h3,5,7,12H,4,6,8-10,16H2,1-2H3. The number of likely N-dealkylation sites (N-methyl/N-ethyl adjacent to an activating group) is 2. The van der Waals surface area contributed by atoms with Crippen molar-refractivity contribution in [1.82, 2.24) is 4.90 Å². The largest absolute Gasteiger partial charge is 0.370 e. The van der Waals surface area contributed by atoms with Crippen LogP contribution in [0.3, 0.4) is 0 Å². The number of hydrogen-bond acceptors (Lipinski definition) is 3. The van der Waals surface area contributed by atoms with Crippen LogP contribution in [-0.4, -0.2) is 38.1 Å². The van der Waals surface area contributed by atoms with E-state index in [0.717, 1.165) is 18.7 Å². The van der Waals surface area contributed by atoms with Crippen molar-refractivity contribution in [2.75, 3.05) is 32.1 Å². The van der Waals surface area contributed by atoms with Crippen molar-refractivity contribution in [1.29, 1.82) is 0 Å². The van der Waals surface area contributed by atoms with Crippen LogP contribution in [0.4, 0.5) is 10.1 Å². The molecule has 1 aliphatic rings. The van der Waals surface area contributed by atoms with Crippen LogP contribution in [0.25, 0.3) is 0 Å². The lowest BCUT2D eigenvalue weighted by atomic mass is 10.1. The molecular weight excluding hydrogens is 229 g/mol. The van der Waals surface area contributed by atoms with Crippen LogP contribution >= 0.6 is 0 Å². The molecule has 1 fully saturated rings. The third-order valence-corrected chi connectivity index (χ3v) is 3.83. The molecular formula is C14H22FN3. The van der Waals surface area contributed by atoms with Gasteiger partial charge in [-0.15, -0.1) is 0 Å². The van der Waals surface area contributed by atoms with Crippen LogP contribution in [0.2, 0.25) is 0 Å². The summed E-state index contributed by atoms with van der Waals surface area (Å²) in [5.74, 6) is -0.180. The summed E-state index contributed by atoms with van der Waals surface area (Å²) in [7, 11) is 4.08. The van der Waals surface area contributed by atoms with Gasteiger partial charge in [0.25, 0.3) is 0 Å². The fourth-order valence-electron chi connectivity index (χ4n) is 2.77. The van der Waals surface area contributed by atoms with Crippen molar-refractivity contribution < 1.29 is 4.39 Å². The predicted molar refractivity (Wildman–Crippen MR) is 73.2 cm³/mol. The van der Waals surface area contributed by atoms with E-state index in [9.17, 15) is 4.39 Å². The Labute approximate surface area is 108 Å². The monoisotopic (exact) mass is 251 g/mol. The molecule has 1 aromatic carbocycles. The van der Waals surface area contributed by atoms with E-state index in [0.29, 0.717) is 18.3 Å². The number of likely N-dealkylation sites (tertiary alicyclic amines) is 1. The van der Waals surface area contributed by atoms with Crippen molar-refractivity contribution in [2.24, 2.45) is 5.73 Å². The van der Waals surface area contributed by atoms with Crippen molar-refractivity contribution >= 4 is 5.69 Å². The zero-order valence-corrected chi connectivity index (χ0v) is 11.2. The van der Waals surface area contributed by atoms with Gasteiger partial charge in [-0.1, -0.05) is 12.1 Å². The number of para-hydroxylation sites is 1. The fraction of sp³-hybridized carbons (Fsp3) is 0.571. The highest BCUT2D eigenvalue weighted by Gasteiger charge is 2.23. The molecule has 18 heavy (non-hydrogen) atoms. The van der Waals surface area contributed by atoms with Crippen molar-refractivity contribution in [3.63, 3.8) is 0 Å². The molecule has 0 saturated carbocycles. The summed E-state index contributed by atoms with van der Waals surface area (Å²) in [5, 5.41) is 0. The smallest absolute Gasteiger partial charge is 0.146 e. The van der Waals surface area contributed by atoms with Crippen LogP contribution < -0.4 is 10.6 Å². The second-order valence-electron chi connectivity index (χ2n) is 5.11. The summed E-state index contributed by atoms with van der Waals surface area (Å²) >= 11 is 0. The maximum atomic E-state index is 13.9. The van der Waals surface area contributed by atoms with Crippen LogP contribution in [0.15, 0.2) is 18.2 Å². The summed E-state index contributed by atoms with van der Waals surface area (Å²) in [6.45, 7) is 2.36. The average molecular weight is 251 g/mol. The van der Waals surface area contributed by atoms with Gasteiger partial charge in [-0.05, 0) is 38.1 Å². The number of anilines is 1. The molecule has 0 amide bonds. The molecule has 1 saturated heterocycles. The van der Waals surface area contributed by atoms with Gasteiger partial charge in [-0.3, -0.25) is 0 Å². The third-order valence-electron chi connectivity index (χ3n) is 3.83. The molecule has 2 rings (SSSR count). The highest BCUT2D eigenvalue weighted by Crippen LogP contribution is 2.25. The van der Waals surface area contributed by atoms with Crippen LogP contribution in [0.1, 0.15) is 18.4 Å². The first-order valence-electron chi connectivity index (χ1n) is 6.52. The Balaban J connectivity index is 2.15. The Morgan fingerprint density at radius 2 is 2.28 bits per heavy atom.